The van der Waals surface area contributed by atoms with E-state index in [1.54, 1.807) is 42.5 Å². The van der Waals surface area contributed by atoms with Crippen molar-refractivity contribution in [3.8, 4) is 17.2 Å². The molecule has 2 aromatic rings. The lowest BCUT2D eigenvalue weighted by Crippen LogP contribution is -2.18. The summed E-state index contributed by atoms with van der Waals surface area (Å²) >= 11 is 0. The molecule has 0 bridgehead atoms. The van der Waals surface area contributed by atoms with Crippen LogP contribution in [-0.2, 0) is 4.79 Å². The minimum absolute atomic E-state index is 0.310. The van der Waals surface area contributed by atoms with Gasteiger partial charge >= 0.3 is 5.97 Å². The molecule has 2 aromatic carbocycles. The van der Waals surface area contributed by atoms with Crippen molar-refractivity contribution in [2.45, 2.75) is 6.92 Å². The maximum absolute atomic E-state index is 12.1. The highest BCUT2D eigenvalue weighted by molar-refractivity contribution is 5.97. The Balaban J connectivity index is 2.09. The van der Waals surface area contributed by atoms with E-state index in [9.17, 15) is 9.59 Å². The number of para-hydroxylation sites is 1. The van der Waals surface area contributed by atoms with E-state index >= 15 is 0 Å². The first-order valence-electron chi connectivity index (χ1n) is 7.38. The number of hydrogen-bond donors (Lipinski definition) is 1. The highest BCUT2D eigenvalue weighted by atomic mass is 16.6. The van der Waals surface area contributed by atoms with Gasteiger partial charge in [-0.25, -0.2) is 5.43 Å². The van der Waals surface area contributed by atoms with E-state index in [0.717, 1.165) is 0 Å². The van der Waals surface area contributed by atoms with Crippen LogP contribution in [0.1, 0.15) is 22.8 Å². The van der Waals surface area contributed by atoms with Crippen LogP contribution in [0.5, 0.6) is 17.2 Å². The van der Waals surface area contributed by atoms with Gasteiger partial charge in [0.05, 0.1) is 26.0 Å². The first-order chi connectivity index (χ1) is 12.0. The quantitative estimate of drug-likeness (QED) is 0.377. The fraction of sp³-hybridized carbons (Fsp3) is 0.167. The summed E-state index contributed by atoms with van der Waals surface area (Å²) in [6.07, 6.45) is 1.45. The third-order valence-electron chi connectivity index (χ3n) is 3.17. The van der Waals surface area contributed by atoms with Crippen molar-refractivity contribution in [2.75, 3.05) is 14.2 Å². The summed E-state index contributed by atoms with van der Waals surface area (Å²) in [6.45, 7) is 1.31. The van der Waals surface area contributed by atoms with Crippen LogP contribution in [0.2, 0.25) is 0 Å². The summed E-state index contributed by atoms with van der Waals surface area (Å²) < 4.78 is 15.3. The lowest BCUT2D eigenvalue weighted by molar-refractivity contribution is -0.132. The van der Waals surface area contributed by atoms with Crippen molar-refractivity contribution in [1.82, 2.24) is 5.43 Å². The summed E-state index contributed by atoms with van der Waals surface area (Å²) in [4.78, 5) is 23.2. The van der Waals surface area contributed by atoms with Crippen LogP contribution in [0, 0.1) is 0 Å². The normalized spacial score (nSPS) is 10.4. The zero-order valence-electron chi connectivity index (χ0n) is 14.1. The fourth-order valence-electron chi connectivity index (χ4n) is 2.06. The molecule has 1 N–H and O–H groups in total. The number of hydrogen-bond acceptors (Lipinski definition) is 6. The molecule has 130 valence electrons. The fourth-order valence-corrected chi connectivity index (χ4v) is 2.06. The van der Waals surface area contributed by atoms with E-state index in [1.165, 1.54) is 27.4 Å². The van der Waals surface area contributed by atoms with Crippen molar-refractivity contribution >= 4 is 18.1 Å². The predicted molar refractivity (Wildman–Crippen MR) is 92.4 cm³/mol. The Morgan fingerprint density at radius 1 is 1.00 bits per heavy atom. The number of benzene rings is 2. The van der Waals surface area contributed by atoms with Gasteiger partial charge in [-0.05, 0) is 35.9 Å². The molecule has 0 aliphatic rings. The molecule has 0 radical (unpaired) electrons. The SMILES string of the molecule is COc1cc(C=NNC(=O)c2ccccc2OC)ccc1OC(C)=O. The van der Waals surface area contributed by atoms with Crippen molar-refractivity contribution in [3.05, 3.63) is 53.6 Å². The molecular formula is C18H18N2O5. The van der Waals surface area contributed by atoms with E-state index in [4.69, 9.17) is 14.2 Å². The van der Waals surface area contributed by atoms with E-state index in [-0.39, 0.29) is 0 Å². The number of ether oxygens (including phenoxy) is 3. The molecule has 0 heterocycles. The summed E-state index contributed by atoms with van der Waals surface area (Å²) in [6, 6.07) is 11.7. The highest BCUT2D eigenvalue weighted by Crippen LogP contribution is 2.27. The monoisotopic (exact) mass is 342 g/mol. The Morgan fingerprint density at radius 2 is 1.72 bits per heavy atom. The molecule has 7 nitrogen and oxygen atoms in total. The van der Waals surface area contributed by atoms with E-state index < -0.39 is 11.9 Å². The summed E-state index contributed by atoms with van der Waals surface area (Å²) in [5.74, 6) is 0.323. The Morgan fingerprint density at radius 3 is 2.40 bits per heavy atom. The van der Waals surface area contributed by atoms with E-state index in [1.807, 2.05) is 0 Å². The maximum atomic E-state index is 12.1. The average Bonchev–Trinajstić information content (AvgIpc) is 2.62. The molecule has 0 aromatic heterocycles. The number of amides is 1. The van der Waals surface area contributed by atoms with E-state index in [0.29, 0.717) is 28.4 Å². The molecule has 0 saturated heterocycles. The van der Waals surface area contributed by atoms with Crippen LogP contribution in [0.3, 0.4) is 0 Å². The smallest absolute Gasteiger partial charge is 0.308 e. The lowest BCUT2D eigenvalue weighted by atomic mass is 10.2. The standard InChI is InChI=1S/C18H18N2O5/c1-12(21)25-16-9-8-13(10-17(16)24-3)11-19-20-18(22)14-6-4-5-7-15(14)23-2/h4-11H,1-3H3,(H,20,22). The van der Waals surface area contributed by atoms with Gasteiger partial charge < -0.3 is 14.2 Å². The second kappa shape index (κ2) is 8.49. The van der Waals surface area contributed by atoms with Gasteiger partial charge in [-0.1, -0.05) is 12.1 Å². The third-order valence-corrected chi connectivity index (χ3v) is 3.17. The molecular weight excluding hydrogens is 324 g/mol. The van der Waals surface area contributed by atoms with Crippen LogP contribution < -0.4 is 19.6 Å². The zero-order chi connectivity index (χ0) is 18.2. The number of carbonyl (C=O) groups is 2. The third kappa shape index (κ3) is 4.81. The van der Waals surface area contributed by atoms with E-state index in [2.05, 4.69) is 10.5 Å². The maximum Gasteiger partial charge on any atom is 0.308 e. The van der Waals surface area contributed by atoms with Crippen LogP contribution >= 0.6 is 0 Å². The van der Waals surface area contributed by atoms with Gasteiger partial charge in [0.25, 0.3) is 5.91 Å². The summed E-state index contributed by atoms with van der Waals surface area (Å²) in [5.41, 5.74) is 3.47. The Kier molecular flexibility index (Phi) is 6.11. The zero-order valence-corrected chi connectivity index (χ0v) is 14.1. The number of esters is 1. The predicted octanol–water partition coefficient (Wildman–Crippen LogP) is 2.39. The van der Waals surface area contributed by atoms with Crippen molar-refractivity contribution in [2.24, 2.45) is 5.10 Å². The van der Waals surface area contributed by atoms with Crippen LogP contribution in [-0.4, -0.2) is 32.3 Å². The summed E-state index contributed by atoms with van der Waals surface area (Å²) in [7, 11) is 2.96. The second-order valence-electron chi connectivity index (χ2n) is 4.90. The first kappa shape index (κ1) is 18.0. The number of rotatable bonds is 6. The van der Waals surface area contributed by atoms with Gasteiger partial charge in [0.2, 0.25) is 0 Å². The highest BCUT2D eigenvalue weighted by Gasteiger charge is 2.10. The molecule has 0 atom stereocenters. The molecule has 0 aliphatic heterocycles. The number of hydrazone groups is 1. The van der Waals surface area contributed by atoms with Gasteiger partial charge in [-0.15, -0.1) is 0 Å². The Labute approximate surface area is 145 Å². The number of methoxy groups -OCH3 is 2. The largest absolute Gasteiger partial charge is 0.496 e. The van der Waals surface area contributed by atoms with Crippen LogP contribution in [0.25, 0.3) is 0 Å². The minimum Gasteiger partial charge on any atom is -0.496 e. The molecule has 1 amide bonds. The number of nitrogens with zero attached hydrogens (tertiary/aromatic N) is 1. The molecule has 0 spiro atoms. The molecule has 25 heavy (non-hydrogen) atoms. The lowest BCUT2D eigenvalue weighted by Gasteiger charge is -2.08. The van der Waals surface area contributed by atoms with Gasteiger partial charge in [0.1, 0.15) is 5.75 Å². The molecule has 0 aliphatic carbocycles. The second-order valence-corrected chi connectivity index (χ2v) is 4.90. The van der Waals surface area contributed by atoms with Crippen LogP contribution in [0.4, 0.5) is 0 Å². The number of nitrogens with one attached hydrogen (secondary N) is 1. The topological polar surface area (TPSA) is 86.2 Å². The van der Waals surface area contributed by atoms with Gasteiger partial charge in [-0.2, -0.15) is 5.10 Å². The molecule has 7 heteroatoms. The molecule has 0 saturated carbocycles. The first-order valence-corrected chi connectivity index (χ1v) is 7.38. The van der Waals surface area contributed by atoms with Gasteiger partial charge in [0, 0.05) is 6.92 Å². The van der Waals surface area contributed by atoms with Crippen LogP contribution in [0.15, 0.2) is 47.6 Å². The molecule has 0 unspecified atom stereocenters. The minimum atomic E-state index is -0.441. The Bertz CT molecular complexity index is 802. The molecule has 2 rings (SSSR count). The van der Waals surface area contributed by atoms with Crippen molar-refractivity contribution < 1.29 is 23.8 Å². The number of carbonyl (C=O) groups excluding carboxylic acids is 2. The summed E-state index contributed by atoms with van der Waals surface area (Å²) in [5, 5.41) is 3.92. The average molecular weight is 342 g/mol. The molecule has 0 fully saturated rings. The van der Waals surface area contributed by atoms with Gasteiger partial charge in [0.15, 0.2) is 11.5 Å². The van der Waals surface area contributed by atoms with Gasteiger partial charge in [-0.3, -0.25) is 9.59 Å². The van der Waals surface area contributed by atoms with Crippen molar-refractivity contribution in [1.29, 1.82) is 0 Å². The van der Waals surface area contributed by atoms with Crippen molar-refractivity contribution in [3.63, 3.8) is 0 Å². The Hall–Kier alpha value is -3.35.